The van der Waals surface area contributed by atoms with Crippen LogP contribution in [0.5, 0.6) is 0 Å². The number of alkyl halides is 1. The number of hydrogen-bond acceptors (Lipinski definition) is 2. The van der Waals surface area contributed by atoms with E-state index < -0.39 is 29.4 Å². The first-order chi connectivity index (χ1) is 5.11. The standard InChI is InChI=1S/C6H7F2NO2/c7-4-1-2-6(9(10)11)5(8)3-4/h1,5-6H,2-3H2/t5?,6-/m1/s1. The Bertz CT molecular complexity index is 205. The Morgan fingerprint density at radius 1 is 1.73 bits per heavy atom. The van der Waals surface area contributed by atoms with Crippen molar-refractivity contribution in [2.75, 3.05) is 0 Å². The molecular formula is C6H7F2NO2. The van der Waals surface area contributed by atoms with E-state index in [1.807, 2.05) is 0 Å². The molecule has 0 aromatic heterocycles. The fourth-order valence-electron chi connectivity index (χ4n) is 1.02. The quantitative estimate of drug-likeness (QED) is 0.435. The van der Waals surface area contributed by atoms with Crippen LogP contribution in [0.4, 0.5) is 8.78 Å². The monoisotopic (exact) mass is 163 g/mol. The Balaban J connectivity index is 2.65. The van der Waals surface area contributed by atoms with E-state index in [0.717, 1.165) is 6.08 Å². The molecule has 0 saturated carbocycles. The predicted octanol–water partition coefficient (Wildman–Crippen LogP) is 1.62. The lowest BCUT2D eigenvalue weighted by molar-refractivity contribution is -0.531. The topological polar surface area (TPSA) is 43.1 Å². The van der Waals surface area contributed by atoms with E-state index >= 15 is 0 Å². The highest BCUT2D eigenvalue weighted by atomic mass is 19.1. The van der Waals surface area contributed by atoms with Crippen molar-refractivity contribution in [1.29, 1.82) is 0 Å². The Kier molecular flexibility index (Phi) is 2.16. The maximum Gasteiger partial charge on any atom is 0.247 e. The van der Waals surface area contributed by atoms with Gasteiger partial charge in [-0.25, -0.2) is 8.78 Å². The summed E-state index contributed by atoms with van der Waals surface area (Å²) in [5, 5.41) is 10.1. The van der Waals surface area contributed by atoms with E-state index in [-0.39, 0.29) is 6.42 Å². The fraction of sp³-hybridized carbons (Fsp3) is 0.667. The van der Waals surface area contributed by atoms with E-state index in [2.05, 4.69) is 0 Å². The average Bonchev–Trinajstić information content (AvgIpc) is 1.85. The molecule has 2 atom stereocenters. The molecule has 0 fully saturated rings. The van der Waals surface area contributed by atoms with E-state index in [9.17, 15) is 18.9 Å². The third-order valence-corrected chi connectivity index (χ3v) is 1.66. The van der Waals surface area contributed by atoms with Crippen LogP contribution in [0.25, 0.3) is 0 Å². The third kappa shape index (κ3) is 1.72. The summed E-state index contributed by atoms with van der Waals surface area (Å²) in [7, 11) is 0. The van der Waals surface area contributed by atoms with Crippen molar-refractivity contribution in [1.82, 2.24) is 0 Å². The second-order valence-electron chi connectivity index (χ2n) is 2.46. The van der Waals surface area contributed by atoms with Crippen LogP contribution in [0, 0.1) is 10.1 Å². The first-order valence-electron chi connectivity index (χ1n) is 3.23. The van der Waals surface area contributed by atoms with Crippen LogP contribution in [0.1, 0.15) is 12.8 Å². The summed E-state index contributed by atoms with van der Waals surface area (Å²) in [6, 6.07) is -1.26. The van der Waals surface area contributed by atoms with Crippen LogP contribution in [0.3, 0.4) is 0 Å². The summed E-state index contributed by atoms with van der Waals surface area (Å²) in [5.41, 5.74) is 0. The smallest absolute Gasteiger partial charge is 0.247 e. The molecule has 0 bridgehead atoms. The minimum absolute atomic E-state index is 0.139. The van der Waals surface area contributed by atoms with Crippen molar-refractivity contribution >= 4 is 0 Å². The van der Waals surface area contributed by atoms with Gasteiger partial charge in [0.05, 0.1) is 5.83 Å². The zero-order valence-electron chi connectivity index (χ0n) is 5.67. The van der Waals surface area contributed by atoms with Crippen LogP contribution in [0.2, 0.25) is 0 Å². The zero-order chi connectivity index (χ0) is 8.43. The molecule has 5 heteroatoms. The van der Waals surface area contributed by atoms with E-state index in [1.165, 1.54) is 0 Å². The van der Waals surface area contributed by atoms with Gasteiger partial charge in [0.25, 0.3) is 0 Å². The second kappa shape index (κ2) is 2.94. The lowest BCUT2D eigenvalue weighted by Crippen LogP contribution is -2.32. The normalized spacial score (nSPS) is 31.3. The van der Waals surface area contributed by atoms with Crippen LogP contribution in [-0.2, 0) is 0 Å². The average molecular weight is 163 g/mol. The van der Waals surface area contributed by atoms with Crippen LogP contribution >= 0.6 is 0 Å². The minimum Gasteiger partial charge on any atom is -0.264 e. The van der Waals surface area contributed by atoms with Gasteiger partial charge in [0.1, 0.15) is 0 Å². The van der Waals surface area contributed by atoms with Gasteiger partial charge in [-0.2, -0.15) is 0 Å². The maximum atomic E-state index is 12.6. The Morgan fingerprint density at radius 3 is 2.82 bits per heavy atom. The molecule has 0 aliphatic heterocycles. The third-order valence-electron chi connectivity index (χ3n) is 1.66. The van der Waals surface area contributed by atoms with Crippen molar-refractivity contribution in [3.8, 4) is 0 Å². The molecule has 0 N–H and O–H groups in total. The Hall–Kier alpha value is -1.00. The summed E-state index contributed by atoms with van der Waals surface area (Å²) < 4.78 is 24.9. The van der Waals surface area contributed by atoms with Crippen LogP contribution < -0.4 is 0 Å². The number of allylic oxidation sites excluding steroid dienone is 1. The number of rotatable bonds is 1. The van der Waals surface area contributed by atoms with Gasteiger partial charge < -0.3 is 0 Å². The van der Waals surface area contributed by atoms with E-state index in [4.69, 9.17) is 0 Å². The number of halogens is 2. The van der Waals surface area contributed by atoms with Gasteiger partial charge in [-0.05, 0) is 6.08 Å². The molecule has 0 saturated heterocycles. The second-order valence-corrected chi connectivity index (χ2v) is 2.46. The summed E-state index contributed by atoms with van der Waals surface area (Å²) in [4.78, 5) is 9.38. The molecule has 0 spiro atoms. The summed E-state index contributed by atoms with van der Waals surface area (Å²) >= 11 is 0. The molecule has 0 heterocycles. The highest BCUT2D eigenvalue weighted by molar-refractivity contribution is 5.02. The molecule has 0 aromatic rings. The van der Waals surface area contributed by atoms with Crippen molar-refractivity contribution in [2.24, 2.45) is 0 Å². The van der Waals surface area contributed by atoms with Crippen molar-refractivity contribution in [2.45, 2.75) is 25.1 Å². The maximum absolute atomic E-state index is 12.6. The van der Waals surface area contributed by atoms with Crippen molar-refractivity contribution in [3.05, 3.63) is 22.0 Å². The fourth-order valence-corrected chi connectivity index (χ4v) is 1.02. The van der Waals surface area contributed by atoms with Gasteiger partial charge in [0.2, 0.25) is 6.04 Å². The molecule has 1 aliphatic carbocycles. The lowest BCUT2D eigenvalue weighted by atomic mass is 10.00. The highest BCUT2D eigenvalue weighted by Crippen LogP contribution is 2.23. The SMILES string of the molecule is O=[N+]([O-])[C@@H]1CC=C(F)CC1F. The van der Waals surface area contributed by atoms with Gasteiger partial charge in [-0.15, -0.1) is 0 Å². The van der Waals surface area contributed by atoms with E-state index in [0.29, 0.717) is 0 Å². The minimum atomic E-state index is -1.67. The molecule has 11 heavy (non-hydrogen) atoms. The molecule has 0 aromatic carbocycles. The molecule has 0 radical (unpaired) electrons. The summed E-state index contributed by atoms with van der Waals surface area (Å²) in [6.07, 6.45) is -1.19. The molecule has 1 aliphatic rings. The van der Waals surface area contributed by atoms with Gasteiger partial charge in [0, 0.05) is 17.8 Å². The first kappa shape index (κ1) is 8.10. The van der Waals surface area contributed by atoms with Crippen LogP contribution in [-0.4, -0.2) is 17.1 Å². The molecule has 0 amide bonds. The molecular weight excluding hydrogens is 156 g/mol. The Morgan fingerprint density at radius 2 is 2.36 bits per heavy atom. The van der Waals surface area contributed by atoms with Crippen molar-refractivity contribution < 1.29 is 13.7 Å². The number of hydrogen-bond donors (Lipinski definition) is 0. The summed E-state index contributed by atoms with van der Waals surface area (Å²) in [5.74, 6) is -0.587. The molecule has 1 rings (SSSR count). The largest absolute Gasteiger partial charge is 0.264 e. The molecule has 3 nitrogen and oxygen atoms in total. The van der Waals surface area contributed by atoms with Crippen LogP contribution in [0.15, 0.2) is 11.9 Å². The molecule has 62 valence electrons. The van der Waals surface area contributed by atoms with Gasteiger partial charge in [-0.1, -0.05) is 0 Å². The van der Waals surface area contributed by atoms with Gasteiger partial charge >= 0.3 is 0 Å². The zero-order valence-corrected chi connectivity index (χ0v) is 5.67. The number of nitrogens with zero attached hydrogens (tertiary/aromatic N) is 1. The molecule has 1 unspecified atom stereocenters. The predicted molar refractivity (Wildman–Crippen MR) is 34.1 cm³/mol. The number of nitro groups is 1. The van der Waals surface area contributed by atoms with Gasteiger partial charge in [-0.3, -0.25) is 10.1 Å². The Labute approximate surface area is 61.9 Å². The van der Waals surface area contributed by atoms with E-state index in [1.54, 1.807) is 0 Å². The highest BCUT2D eigenvalue weighted by Gasteiger charge is 2.34. The van der Waals surface area contributed by atoms with Gasteiger partial charge in [0.15, 0.2) is 6.17 Å². The first-order valence-corrected chi connectivity index (χ1v) is 3.23. The summed E-state index contributed by atoms with van der Waals surface area (Å²) in [6.45, 7) is 0. The lowest BCUT2D eigenvalue weighted by Gasteiger charge is -2.15. The van der Waals surface area contributed by atoms with Crippen molar-refractivity contribution in [3.63, 3.8) is 0 Å².